The quantitative estimate of drug-likeness (QED) is 0.651. The molecule has 1 aromatic rings. The number of nitrogen functional groups attached to an aromatic ring is 1. The average molecular weight is 202 g/mol. The number of nitrogens with zero attached hydrogens (tertiary/aromatic N) is 2. The lowest BCUT2D eigenvalue weighted by Crippen LogP contribution is -2.00. The van der Waals surface area contributed by atoms with Gasteiger partial charge in [-0.25, -0.2) is 4.98 Å². The summed E-state index contributed by atoms with van der Waals surface area (Å²) in [6, 6.07) is 0. The van der Waals surface area contributed by atoms with Crippen molar-refractivity contribution in [1.82, 2.24) is 4.98 Å². The van der Waals surface area contributed by atoms with E-state index in [4.69, 9.17) is 11.5 Å². The van der Waals surface area contributed by atoms with E-state index in [0.717, 1.165) is 17.5 Å². The molecule has 6 heteroatoms. The monoisotopic (exact) mass is 202 g/mol. The maximum Gasteiger partial charge on any atom is 0.179 e. The van der Waals surface area contributed by atoms with Crippen molar-refractivity contribution >= 4 is 33.4 Å². The fraction of sp³-hybridized carbons (Fsp3) is 0.333. The second-order valence-electron chi connectivity index (χ2n) is 1.94. The molecular weight excluding hydrogens is 192 g/mol. The van der Waals surface area contributed by atoms with Gasteiger partial charge < -0.3 is 11.5 Å². The van der Waals surface area contributed by atoms with Gasteiger partial charge in [0.05, 0.1) is 6.54 Å². The number of nitrogens with two attached hydrogens (primary N) is 2. The Hall–Kier alpha value is -0.750. The summed E-state index contributed by atoms with van der Waals surface area (Å²) < 4.78 is 0. The van der Waals surface area contributed by atoms with Crippen molar-refractivity contribution in [2.45, 2.75) is 0 Å². The Morgan fingerprint density at radius 1 is 1.42 bits per heavy atom. The Labute approximate surface area is 79.1 Å². The molecule has 0 aromatic carbocycles. The molecule has 4 N–H and O–H groups in total. The summed E-state index contributed by atoms with van der Waals surface area (Å²) in [6.07, 6.45) is 1.68. The van der Waals surface area contributed by atoms with Gasteiger partial charge in [0.2, 0.25) is 0 Å². The highest BCUT2D eigenvalue weighted by Gasteiger charge is 1.98. The van der Waals surface area contributed by atoms with Crippen molar-refractivity contribution in [3.05, 3.63) is 11.6 Å². The van der Waals surface area contributed by atoms with Crippen LogP contribution in [0.15, 0.2) is 16.6 Å². The van der Waals surface area contributed by atoms with E-state index in [9.17, 15) is 0 Å². The molecule has 0 saturated heterocycles. The summed E-state index contributed by atoms with van der Waals surface area (Å²) >= 11 is 3.07. The second kappa shape index (κ2) is 5.00. The zero-order chi connectivity index (χ0) is 8.81. The number of hydrogen-bond acceptors (Lipinski definition) is 6. The standard InChI is InChI=1S/C3H6N2S.C3H4N2S/c2*4-3-5-1-2-6-3/h1-2H2,(H2,4,5);1-2H,(H2,4,5). The van der Waals surface area contributed by atoms with Crippen LogP contribution in [0.3, 0.4) is 0 Å². The number of aromatic nitrogens is 1. The first-order valence-corrected chi connectivity index (χ1v) is 5.23. The molecule has 0 spiro atoms. The van der Waals surface area contributed by atoms with E-state index < -0.39 is 0 Å². The largest absolute Gasteiger partial charge is 0.379 e. The van der Waals surface area contributed by atoms with Gasteiger partial charge in [-0.2, -0.15) is 0 Å². The first-order valence-electron chi connectivity index (χ1n) is 3.36. The van der Waals surface area contributed by atoms with Crippen LogP contribution in [-0.2, 0) is 0 Å². The summed E-state index contributed by atoms with van der Waals surface area (Å²) in [5, 5.41) is 3.22. The molecule has 2 rings (SSSR count). The van der Waals surface area contributed by atoms with Gasteiger partial charge in [0.1, 0.15) is 0 Å². The molecule has 0 radical (unpaired) electrons. The van der Waals surface area contributed by atoms with Gasteiger partial charge in [-0.3, -0.25) is 4.99 Å². The highest BCUT2D eigenvalue weighted by Crippen LogP contribution is 2.05. The Kier molecular flexibility index (Phi) is 3.89. The van der Waals surface area contributed by atoms with Crippen molar-refractivity contribution in [2.75, 3.05) is 18.0 Å². The Morgan fingerprint density at radius 3 is 2.42 bits per heavy atom. The zero-order valence-electron chi connectivity index (χ0n) is 6.43. The summed E-state index contributed by atoms with van der Waals surface area (Å²) in [7, 11) is 0. The third-order valence-electron chi connectivity index (χ3n) is 1.06. The molecule has 0 aliphatic carbocycles. The zero-order valence-corrected chi connectivity index (χ0v) is 8.07. The number of rotatable bonds is 0. The molecule has 1 aliphatic rings. The fourth-order valence-electron chi connectivity index (χ4n) is 0.586. The summed E-state index contributed by atoms with van der Waals surface area (Å²) in [6.45, 7) is 0.913. The van der Waals surface area contributed by atoms with E-state index in [1.165, 1.54) is 11.3 Å². The van der Waals surface area contributed by atoms with E-state index in [2.05, 4.69) is 9.98 Å². The minimum absolute atomic E-state index is 0.634. The van der Waals surface area contributed by atoms with Crippen LogP contribution in [0, 0.1) is 0 Å². The predicted octanol–water partition coefficient (Wildman–Crippen LogP) is 0.773. The van der Waals surface area contributed by atoms with E-state index in [0.29, 0.717) is 5.13 Å². The van der Waals surface area contributed by atoms with Crippen molar-refractivity contribution < 1.29 is 0 Å². The minimum Gasteiger partial charge on any atom is -0.379 e. The predicted molar refractivity (Wildman–Crippen MR) is 55.5 cm³/mol. The van der Waals surface area contributed by atoms with Crippen LogP contribution in [-0.4, -0.2) is 22.4 Å². The smallest absolute Gasteiger partial charge is 0.179 e. The molecule has 12 heavy (non-hydrogen) atoms. The third-order valence-corrected chi connectivity index (χ3v) is 2.48. The number of hydrogen-bond donors (Lipinski definition) is 2. The molecule has 0 fully saturated rings. The third kappa shape index (κ3) is 3.59. The Morgan fingerprint density at radius 2 is 2.25 bits per heavy atom. The van der Waals surface area contributed by atoms with Gasteiger partial charge in [0.25, 0.3) is 0 Å². The molecule has 0 atom stereocenters. The number of thiazole rings is 1. The van der Waals surface area contributed by atoms with Crippen molar-refractivity contribution in [3.63, 3.8) is 0 Å². The first-order chi connectivity index (χ1) is 5.79. The highest BCUT2D eigenvalue weighted by molar-refractivity contribution is 8.14. The van der Waals surface area contributed by atoms with Crippen LogP contribution in [0.4, 0.5) is 5.13 Å². The van der Waals surface area contributed by atoms with Crippen molar-refractivity contribution in [2.24, 2.45) is 10.7 Å². The van der Waals surface area contributed by atoms with Crippen LogP contribution in [0.25, 0.3) is 0 Å². The van der Waals surface area contributed by atoms with E-state index in [1.807, 2.05) is 5.38 Å². The van der Waals surface area contributed by atoms with Crippen LogP contribution in [0.2, 0.25) is 0 Å². The van der Waals surface area contributed by atoms with Gasteiger partial charge in [0, 0.05) is 17.3 Å². The molecule has 4 nitrogen and oxygen atoms in total. The second-order valence-corrected chi connectivity index (χ2v) is 3.98. The summed E-state index contributed by atoms with van der Waals surface area (Å²) in [5.41, 5.74) is 10.4. The van der Waals surface area contributed by atoms with Crippen LogP contribution >= 0.6 is 23.1 Å². The molecular formula is C6H10N4S2. The van der Waals surface area contributed by atoms with Crippen LogP contribution in [0.1, 0.15) is 0 Å². The van der Waals surface area contributed by atoms with E-state index >= 15 is 0 Å². The molecule has 66 valence electrons. The maximum absolute atomic E-state index is 5.25. The number of thioether (sulfide) groups is 1. The molecule has 0 amide bonds. The molecule has 0 saturated carbocycles. The highest BCUT2D eigenvalue weighted by atomic mass is 32.2. The van der Waals surface area contributed by atoms with Crippen LogP contribution in [0.5, 0.6) is 0 Å². The minimum atomic E-state index is 0.634. The molecule has 0 bridgehead atoms. The number of aliphatic imine (C=N–C) groups is 1. The van der Waals surface area contributed by atoms with Crippen molar-refractivity contribution in [3.8, 4) is 0 Å². The Bertz CT molecular complexity index is 244. The van der Waals surface area contributed by atoms with Gasteiger partial charge in [-0.15, -0.1) is 11.3 Å². The lowest BCUT2D eigenvalue weighted by Gasteiger charge is -1.78. The van der Waals surface area contributed by atoms with Crippen LogP contribution < -0.4 is 11.5 Å². The Balaban J connectivity index is 0.000000120. The summed E-state index contributed by atoms with van der Waals surface area (Å²) in [5.74, 6) is 1.08. The molecule has 1 aromatic heterocycles. The van der Waals surface area contributed by atoms with Gasteiger partial charge in [0.15, 0.2) is 10.3 Å². The topological polar surface area (TPSA) is 77.3 Å². The van der Waals surface area contributed by atoms with E-state index in [-0.39, 0.29) is 0 Å². The SMILES string of the molecule is NC1=NCCS1.Nc1nccs1. The van der Waals surface area contributed by atoms with E-state index in [1.54, 1.807) is 18.0 Å². The molecule has 0 unspecified atom stereocenters. The van der Waals surface area contributed by atoms with Crippen molar-refractivity contribution in [1.29, 1.82) is 0 Å². The lowest BCUT2D eigenvalue weighted by atomic mass is 10.8. The maximum atomic E-state index is 5.25. The number of anilines is 1. The normalized spacial score (nSPS) is 14.8. The van der Waals surface area contributed by atoms with Gasteiger partial charge in [-0.1, -0.05) is 11.8 Å². The van der Waals surface area contributed by atoms with Gasteiger partial charge >= 0.3 is 0 Å². The molecule has 1 aliphatic heterocycles. The molecule has 2 heterocycles. The van der Waals surface area contributed by atoms with Gasteiger partial charge in [-0.05, 0) is 0 Å². The average Bonchev–Trinajstić information content (AvgIpc) is 2.63. The number of amidine groups is 1. The first kappa shape index (κ1) is 9.34. The fourth-order valence-corrected chi connectivity index (χ4v) is 1.54. The lowest BCUT2D eigenvalue weighted by molar-refractivity contribution is 1.17. The summed E-state index contributed by atoms with van der Waals surface area (Å²) in [4.78, 5) is 7.61.